The molecule has 1 saturated heterocycles. The molecule has 4 N–H and O–H groups in total. The van der Waals surface area contributed by atoms with E-state index in [1.165, 1.54) is 0 Å². The number of hydrogen-bond donors (Lipinski definition) is 3. The highest BCUT2D eigenvalue weighted by Crippen LogP contribution is 2.09. The summed E-state index contributed by atoms with van der Waals surface area (Å²) in [7, 11) is 0. The Kier molecular flexibility index (Phi) is 5.85. The summed E-state index contributed by atoms with van der Waals surface area (Å²) in [5, 5.41) is 6.11. The van der Waals surface area contributed by atoms with Crippen molar-refractivity contribution in [3.63, 3.8) is 0 Å². The first kappa shape index (κ1) is 13.0. The zero-order chi connectivity index (χ0) is 11.8. The van der Waals surface area contributed by atoms with E-state index in [1.54, 1.807) is 0 Å². The summed E-state index contributed by atoms with van der Waals surface area (Å²) in [4.78, 5) is 22.1. The maximum atomic E-state index is 11.7. The van der Waals surface area contributed by atoms with E-state index >= 15 is 0 Å². The lowest BCUT2D eigenvalue weighted by atomic mass is 9.99. The van der Waals surface area contributed by atoms with E-state index in [0.717, 1.165) is 38.8 Å². The highest BCUT2D eigenvalue weighted by Gasteiger charge is 2.19. The van der Waals surface area contributed by atoms with Gasteiger partial charge in [-0.15, -0.1) is 0 Å². The molecule has 5 heteroatoms. The minimum atomic E-state index is -0.275. The molecule has 16 heavy (non-hydrogen) atoms. The van der Waals surface area contributed by atoms with Crippen LogP contribution in [0.25, 0.3) is 0 Å². The lowest BCUT2D eigenvalue weighted by molar-refractivity contribution is -0.125. The number of rotatable bonds is 6. The van der Waals surface area contributed by atoms with Crippen molar-refractivity contribution >= 4 is 11.8 Å². The highest BCUT2D eigenvalue weighted by atomic mass is 16.2. The average Bonchev–Trinajstić information content (AvgIpc) is 2.29. The zero-order valence-corrected chi connectivity index (χ0v) is 9.63. The molecule has 0 radical (unpaired) electrons. The van der Waals surface area contributed by atoms with Gasteiger partial charge in [0.15, 0.2) is 0 Å². The van der Waals surface area contributed by atoms with Crippen LogP contribution in [0, 0.1) is 5.92 Å². The third-order valence-electron chi connectivity index (χ3n) is 2.82. The Bertz CT molecular complexity index is 237. The Morgan fingerprint density at radius 2 is 2.19 bits per heavy atom. The van der Waals surface area contributed by atoms with Crippen molar-refractivity contribution in [3.8, 4) is 0 Å². The Balaban J connectivity index is 2.03. The molecule has 1 unspecified atom stereocenters. The van der Waals surface area contributed by atoms with Crippen molar-refractivity contribution in [2.24, 2.45) is 11.7 Å². The van der Waals surface area contributed by atoms with E-state index in [0.29, 0.717) is 13.0 Å². The van der Waals surface area contributed by atoms with Crippen LogP contribution in [0.5, 0.6) is 0 Å². The third-order valence-corrected chi connectivity index (χ3v) is 2.82. The number of piperidine rings is 1. The number of unbranched alkanes of at least 4 members (excludes halogenated alkanes) is 1. The van der Waals surface area contributed by atoms with Gasteiger partial charge in [0.2, 0.25) is 11.8 Å². The summed E-state index contributed by atoms with van der Waals surface area (Å²) in [6.45, 7) is 2.44. The standard InChI is InChI=1S/C11H21N3O2/c12-10(15)5-1-2-7-14-11(16)9-4-3-6-13-8-9/h9,13H,1-8H2,(H2,12,15)(H,14,16). The molecule has 1 heterocycles. The van der Waals surface area contributed by atoms with E-state index in [9.17, 15) is 9.59 Å². The molecule has 0 aliphatic carbocycles. The SMILES string of the molecule is NC(=O)CCCCNC(=O)C1CCCNC1. The normalized spacial score (nSPS) is 20.4. The van der Waals surface area contributed by atoms with Gasteiger partial charge in [0.25, 0.3) is 0 Å². The maximum absolute atomic E-state index is 11.7. The number of amides is 2. The van der Waals surface area contributed by atoms with Gasteiger partial charge in [-0.25, -0.2) is 0 Å². The van der Waals surface area contributed by atoms with Gasteiger partial charge in [-0.3, -0.25) is 9.59 Å². The zero-order valence-electron chi connectivity index (χ0n) is 9.63. The molecule has 0 spiro atoms. The second kappa shape index (κ2) is 7.22. The molecule has 0 aromatic carbocycles. The van der Waals surface area contributed by atoms with Crippen LogP contribution in [-0.2, 0) is 9.59 Å². The fourth-order valence-corrected chi connectivity index (χ4v) is 1.86. The van der Waals surface area contributed by atoms with Crippen LogP contribution >= 0.6 is 0 Å². The maximum Gasteiger partial charge on any atom is 0.224 e. The summed E-state index contributed by atoms with van der Waals surface area (Å²) in [5.41, 5.74) is 5.02. The fraction of sp³-hybridized carbons (Fsp3) is 0.818. The molecular formula is C11H21N3O2. The molecule has 1 fully saturated rings. The first-order chi connectivity index (χ1) is 7.70. The number of carbonyl (C=O) groups excluding carboxylic acids is 2. The fourth-order valence-electron chi connectivity index (χ4n) is 1.86. The predicted molar refractivity (Wildman–Crippen MR) is 61.6 cm³/mol. The summed E-state index contributed by atoms with van der Waals surface area (Å²) < 4.78 is 0. The van der Waals surface area contributed by atoms with Gasteiger partial charge >= 0.3 is 0 Å². The topological polar surface area (TPSA) is 84.2 Å². The quantitative estimate of drug-likeness (QED) is 0.547. The molecule has 2 amide bonds. The number of nitrogens with two attached hydrogens (primary N) is 1. The van der Waals surface area contributed by atoms with Gasteiger partial charge in [-0.05, 0) is 32.2 Å². The first-order valence-corrected chi connectivity index (χ1v) is 5.97. The molecular weight excluding hydrogens is 206 g/mol. The van der Waals surface area contributed by atoms with Crippen molar-refractivity contribution in [2.75, 3.05) is 19.6 Å². The smallest absolute Gasteiger partial charge is 0.224 e. The summed E-state index contributed by atoms with van der Waals surface area (Å²) >= 11 is 0. The minimum Gasteiger partial charge on any atom is -0.370 e. The number of hydrogen-bond acceptors (Lipinski definition) is 3. The molecule has 1 atom stereocenters. The molecule has 5 nitrogen and oxygen atoms in total. The van der Waals surface area contributed by atoms with Crippen LogP contribution in [0.2, 0.25) is 0 Å². The molecule has 92 valence electrons. The summed E-state index contributed by atoms with van der Waals surface area (Å²) in [6.07, 6.45) is 4.01. The van der Waals surface area contributed by atoms with Crippen LogP contribution in [0.3, 0.4) is 0 Å². The van der Waals surface area contributed by atoms with Crippen LogP contribution in [0.15, 0.2) is 0 Å². The van der Waals surface area contributed by atoms with Crippen molar-refractivity contribution in [3.05, 3.63) is 0 Å². The second-order valence-corrected chi connectivity index (χ2v) is 4.26. The summed E-state index contributed by atoms with van der Waals surface area (Å²) in [5.74, 6) is -0.0287. The Morgan fingerprint density at radius 3 is 2.81 bits per heavy atom. The van der Waals surface area contributed by atoms with Gasteiger partial charge in [-0.1, -0.05) is 0 Å². The lowest BCUT2D eigenvalue weighted by Crippen LogP contribution is -2.40. The van der Waals surface area contributed by atoms with Crippen molar-refractivity contribution < 1.29 is 9.59 Å². The summed E-state index contributed by atoms with van der Waals surface area (Å²) in [6, 6.07) is 0. The minimum absolute atomic E-state index is 0.116. The second-order valence-electron chi connectivity index (χ2n) is 4.26. The molecule has 0 aromatic heterocycles. The van der Waals surface area contributed by atoms with Crippen LogP contribution < -0.4 is 16.4 Å². The molecule has 0 saturated carbocycles. The predicted octanol–water partition coefficient (Wildman–Crippen LogP) is -0.242. The lowest BCUT2D eigenvalue weighted by Gasteiger charge is -2.21. The average molecular weight is 227 g/mol. The molecule has 1 aliphatic rings. The van der Waals surface area contributed by atoms with Gasteiger partial charge in [0, 0.05) is 19.5 Å². The van der Waals surface area contributed by atoms with Crippen LogP contribution in [0.4, 0.5) is 0 Å². The van der Waals surface area contributed by atoms with Crippen LogP contribution in [0.1, 0.15) is 32.1 Å². The van der Waals surface area contributed by atoms with Gasteiger partial charge in [-0.2, -0.15) is 0 Å². The van der Waals surface area contributed by atoms with Gasteiger partial charge in [0.05, 0.1) is 5.92 Å². The largest absolute Gasteiger partial charge is 0.370 e. The van der Waals surface area contributed by atoms with Crippen molar-refractivity contribution in [2.45, 2.75) is 32.1 Å². The van der Waals surface area contributed by atoms with Gasteiger partial charge in [0.1, 0.15) is 0 Å². The molecule has 1 aliphatic heterocycles. The van der Waals surface area contributed by atoms with E-state index in [4.69, 9.17) is 5.73 Å². The highest BCUT2D eigenvalue weighted by molar-refractivity contribution is 5.78. The number of nitrogens with one attached hydrogen (secondary N) is 2. The molecule has 1 rings (SSSR count). The third kappa shape index (κ3) is 5.11. The Morgan fingerprint density at radius 1 is 1.38 bits per heavy atom. The number of primary amides is 1. The Hall–Kier alpha value is -1.10. The molecule has 0 bridgehead atoms. The number of carbonyl (C=O) groups is 2. The van der Waals surface area contributed by atoms with Crippen molar-refractivity contribution in [1.82, 2.24) is 10.6 Å². The van der Waals surface area contributed by atoms with Crippen molar-refractivity contribution in [1.29, 1.82) is 0 Å². The van der Waals surface area contributed by atoms with E-state index in [1.807, 2.05) is 0 Å². The van der Waals surface area contributed by atoms with E-state index < -0.39 is 0 Å². The van der Waals surface area contributed by atoms with E-state index in [2.05, 4.69) is 10.6 Å². The van der Waals surface area contributed by atoms with Crippen LogP contribution in [-0.4, -0.2) is 31.4 Å². The van der Waals surface area contributed by atoms with E-state index in [-0.39, 0.29) is 17.7 Å². The van der Waals surface area contributed by atoms with Gasteiger partial charge < -0.3 is 16.4 Å². The Labute approximate surface area is 96.1 Å². The molecule has 0 aromatic rings. The monoisotopic (exact) mass is 227 g/mol. The first-order valence-electron chi connectivity index (χ1n) is 5.97.